The average molecular weight is 603 g/mol. The van der Waals surface area contributed by atoms with Crippen LogP contribution in [0.2, 0.25) is 0 Å². The van der Waals surface area contributed by atoms with E-state index in [1.165, 1.54) is 76.3 Å². The van der Waals surface area contributed by atoms with Crippen molar-refractivity contribution in [3.05, 3.63) is 59.2 Å². The van der Waals surface area contributed by atoms with E-state index in [1.54, 1.807) is 12.1 Å². The zero-order valence-corrected chi connectivity index (χ0v) is 24.1. The van der Waals surface area contributed by atoms with Crippen molar-refractivity contribution >= 4 is 0 Å². The van der Waals surface area contributed by atoms with Crippen LogP contribution in [0.3, 0.4) is 0 Å². The van der Waals surface area contributed by atoms with Crippen LogP contribution in [0.4, 0.5) is 30.7 Å². The SMILES string of the molecule is CCCCCC1CCC(CCC2CCC(c3ccc(OC(F)(F)c4cc(F)c(OC(F)(F)F)c(F)c4)cc3)CC2)CC1. The fraction of sp³-hybridized carbons (Fsp3) is 0.636. The van der Waals surface area contributed by atoms with Crippen LogP contribution in [-0.2, 0) is 6.11 Å². The second-order valence-corrected chi connectivity index (χ2v) is 12.2. The fourth-order valence-corrected chi connectivity index (χ4v) is 6.70. The Kier molecular flexibility index (Phi) is 11.1. The summed E-state index contributed by atoms with van der Waals surface area (Å²) >= 11 is 0. The van der Waals surface area contributed by atoms with Crippen LogP contribution in [-0.4, -0.2) is 6.36 Å². The van der Waals surface area contributed by atoms with E-state index in [0.717, 1.165) is 49.0 Å². The molecule has 0 N–H and O–H groups in total. The zero-order chi connectivity index (χ0) is 30.3. The van der Waals surface area contributed by atoms with Crippen molar-refractivity contribution < 1.29 is 40.2 Å². The predicted molar refractivity (Wildman–Crippen MR) is 148 cm³/mol. The van der Waals surface area contributed by atoms with Gasteiger partial charge >= 0.3 is 12.5 Å². The summed E-state index contributed by atoms with van der Waals surface area (Å²) in [6, 6.07) is 6.32. The molecule has 9 heteroatoms. The van der Waals surface area contributed by atoms with E-state index in [0.29, 0.717) is 5.92 Å². The molecule has 2 aliphatic carbocycles. The quantitative estimate of drug-likeness (QED) is 0.178. The Bertz CT molecular complexity index is 1090. The Balaban J connectivity index is 1.22. The summed E-state index contributed by atoms with van der Waals surface area (Å²) in [6.07, 6.45) is 8.37. The number of rotatable bonds is 12. The van der Waals surface area contributed by atoms with Crippen LogP contribution >= 0.6 is 0 Å². The van der Waals surface area contributed by atoms with Gasteiger partial charge in [0.2, 0.25) is 5.75 Å². The number of benzene rings is 2. The highest BCUT2D eigenvalue weighted by Crippen LogP contribution is 2.42. The Morgan fingerprint density at radius 2 is 1.17 bits per heavy atom. The highest BCUT2D eigenvalue weighted by molar-refractivity contribution is 5.35. The molecule has 0 spiro atoms. The van der Waals surface area contributed by atoms with Crippen LogP contribution in [0.5, 0.6) is 11.5 Å². The highest BCUT2D eigenvalue weighted by Gasteiger charge is 2.39. The second-order valence-electron chi connectivity index (χ2n) is 12.2. The molecule has 42 heavy (non-hydrogen) atoms. The lowest BCUT2D eigenvalue weighted by atomic mass is 9.74. The molecule has 0 atom stereocenters. The van der Waals surface area contributed by atoms with Crippen molar-refractivity contribution in [2.45, 2.75) is 115 Å². The number of unbranched alkanes of at least 4 members (excludes halogenated alkanes) is 2. The van der Waals surface area contributed by atoms with E-state index in [9.17, 15) is 30.7 Å². The number of hydrogen-bond acceptors (Lipinski definition) is 2. The van der Waals surface area contributed by atoms with E-state index in [2.05, 4.69) is 16.4 Å². The van der Waals surface area contributed by atoms with Gasteiger partial charge in [-0.1, -0.05) is 83.3 Å². The van der Waals surface area contributed by atoms with Gasteiger partial charge in [-0.3, -0.25) is 0 Å². The molecule has 2 aliphatic rings. The Morgan fingerprint density at radius 1 is 0.667 bits per heavy atom. The molecular weight excluding hydrogens is 561 g/mol. The summed E-state index contributed by atoms with van der Waals surface area (Å²) in [6.45, 7) is 2.26. The van der Waals surface area contributed by atoms with Crippen molar-refractivity contribution in [3.8, 4) is 11.5 Å². The number of halogens is 7. The molecule has 0 saturated heterocycles. The summed E-state index contributed by atoms with van der Waals surface area (Å²) in [7, 11) is 0. The summed E-state index contributed by atoms with van der Waals surface area (Å²) in [5.74, 6) is -2.99. The third kappa shape index (κ3) is 9.27. The summed E-state index contributed by atoms with van der Waals surface area (Å²) in [5.41, 5.74) is -0.245. The molecule has 0 amide bonds. The van der Waals surface area contributed by atoms with Crippen molar-refractivity contribution in [1.29, 1.82) is 0 Å². The first-order valence-electron chi connectivity index (χ1n) is 15.4. The van der Waals surface area contributed by atoms with E-state index in [-0.39, 0.29) is 17.9 Å². The lowest BCUT2D eigenvalue weighted by molar-refractivity contribution is -0.276. The van der Waals surface area contributed by atoms with Crippen molar-refractivity contribution in [2.24, 2.45) is 17.8 Å². The maximum absolute atomic E-state index is 14.6. The van der Waals surface area contributed by atoms with Crippen molar-refractivity contribution in [2.75, 3.05) is 0 Å². The first-order chi connectivity index (χ1) is 19.9. The first-order valence-corrected chi connectivity index (χ1v) is 15.4. The average Bonchev–Trinajstić information content (AvgIpc) is 2.95. The number of ether oxygens (including phenoxy) is 2. The van der Waals surface area contributed by atoms with Gasteiger partial charge in [-0.05, 0) is 79.2 Å². The summed E-state index contributed by atoms with van der Waals surface area (Å²) in [5, 5.41) is 0. The largest absolute Gasteiger partial charge is 0.573 e. The lowest BCUT2D eigenvalue weighted by Crippen LogP contribution is -2.24. The van der Waals surface area contributed by atoms with Gasteiger partial charge in [0.05, 0.1) is 5.56 Å². The molecule has 2 aromatic carbocycles. The summed E-state index contributed by atoms with van der Waals surface area (Å²) in [4.78, 5) is 0. The third-order valence-corrected chi connectivity index (χ3v) is 9.16. The molecule has 0 unspecified atom stereocenters. The minimum atomic E-state index is -5.38. The van der Waals surface area contributed by atoms with Crippen LogP contribution in [0.1, 0.15) is 114 Å². The molecule has 0 aromatic heterocycles. The van der Waals surface area contributed by atoms with E-state index in [1.807, 2.05) is 0 Å². The van der Waals surface area contributed by atoms with Crippen molar-refractivity contribution in [3.63, 3.8) is 0 Å². The Labute approximate surface area is 244 Å². The van der Waals surface area contributed by atoms with Crippen LogP contribution in [0.15, 0.2) is 36.4 Å². The fourth-order valence-electron chi connectivity index (χ4n) is 6.70. The van der Waals surface area contributed by atoms with Gasteiger partial charge in [0.15, 0.2) is 11.6 Å². The minimum Gasteiger partial charge on any atom is -0.429 e. The van der Waals surface area contributed by atoms with Gasteiger partial charge in [0, 0.05) is 0 Å². The maximum Gasteiger partial charge on any atom is 0.573 e. The first kappa shape index (κ1) is 32.5. The second kappa shape index (κ2) is 14.3. The van der Waals surface area contributed by atoms with Crippen LogP contribution < -0.4 is 9.47 Å². The van der Waals surface area contributed by atoms with E-state index >= 15 is 0 Å². The molecule has 2 saturated carbocycles. The van der Waals surface area contributed by atoms with Crippen molar-refractivity contribution in [1.82, 2.24) is 0 Å². The van der Waals surface area contributed by atoms with Crippen LogP contribution in [0, 0.1) is 29.4 Å². The smallest absolute Gasteiger partial charge is 0.429 e. The van der Waals surface area contributed by atoms with Gasteiger partial charge in [-0.2, -0.15) is 8.78 Å². The summed E-state index contributed by atoms with van der Waals surface area (Å²) < 4.78 is 102. The van der Waals surface area contributed by atoms with Crippen LogP contribution in [0.25, 0.3) is 0 Å². The van der Waals surface area contributed by atoms with Gasteiger partial charge in [-0.15, -0.1) is 13.2 Å². The molecule has 0 aliphatic heterocycles. The topological polar surface area (TPSA) is 18.5 Å². The molecule has 0 radical (unpaired) electrons. The Hall–Kier alpha value is -2.45. The van der Waals surface area contributed by atoms with E-state index in [4.69, 9.17) is 0 Å². The van der Waals surface area contributed by atoms with Gasteiger partial charge in [0.1, 0.15) is 5.75 Å². The maximum atomic E-state index is 14.6. The van der Waals surface area contributed by atoms with Gasteiger partial charge < -0.3 is 9.47 Å². The standard InChI is InChI=1S/C33H41F7O2/c1-2-3-4-5-22-6-8-23(9-7-22)10-11-24-12-14-25(15-13-24)26-16-18-28(19-17-26)41-32(36,37)27-20-29(34)31(30(35)21-27)42-33(38,39)40/h16-25H,2-15H2,1H3. The lowest BCUT2D eigenvalue weighted by Gasteiger charge is -2.32. The van der Waals surface area contributed by atoms with Gasteiger partial charge in [0.25, 0.3) is 0 Å². The van der Waals surface area contributed by atoms with E-state index < -0.39 is 35.4 Å². The molecular formula is C33H41F7O2. The Morgan fingerprint density at radius 3 is 1.67 bits per heavy atom. The molecule has 0 bridgehead atoms. The molecule has 0 heterocycles. The molecule has 2 fully saturated rings. The minimum absolute atomic E-state index is 0.0661. The third-order valence-electron chi connectivity index (χ3n) is 9.16. The molecule has 234 valence electrons. The highest BCUT2D eigenvalue weighted by atomic mass is 19.4. The normalized spacial score (nSPS) is 23.5. The number of hydrogen-bond donors (Lipinski definition) is 0. The number of alkyl halides is 5. The zero-order valence-electron chi connectivity index (χ0n) is 24.1. The molecule has 2 aromatic rings. The van der Waals surface area contributed by atoms with Gasteiger partial charge in [-0.25, -0.2) is 8.78 Å². The monoisotopic (exact) mass is 602 g/mol. The molecule has 2 nitrogen and oxygen atoms in total. The molecule has 4 rings (SSSR count). The predicted octanol–water partition coefficient (Wildman–Crippen LogP) is 11.4.